The van der Waals surface area contributed by atoms with Crippen molar-refractivity contribution < 1.29 is 8.42 Å². The molecule has 0 atom stereocenters. The fourth-order valence-electron chi connectivity index (χ4n) is 1.67. The SMILES string of the molecule is Cc1cc(Cl)c(S(=O)(=O)Nc2ccc(Br)c(C)n2)cc1N. The van der Waals surface area contributed by atoms with Gasteiger partial charge in [0.2, 0.25) is 0 Å². The van der Waals surface area contributed by atoms with Gasteiger partial charge >= 0.3 is 0 Å². The van der Waals surface area contributed by atoms with E-state index in [2.05, 4.69) is 25.6 Å². The molecular formula is C13H13BrClN3O2S. The van der Waals surface area contributed by atoms with Gasteiger partial charge in [0, 0.05) is 10.2 Å². The van der Waals surface area contributed by atoms with E-state index in [9.17, 15) is 8.42 Å². The summed E-state index contributed by atoms with van der Waals surface area (Å²) in [6.45, 7) is 3.52. The van der Waals surface area contributed by atoms with Gasteiger partial charge in [0.25, 0.3) is 10.0 Å². The van der Waals surface area contributed by atoms with E-state index in [0.29, 0.717) is 11.4 Å². The van der Waals surface area contributed by atoms with Crippen molar-refractivity contribution in [2.75, 3.05) is 10.5 Å². The zero-order valence-corrected chi connectivity index (χ0v) is 14.5. The number of aromatic nitrogens is 1. The third-order valence-electron chi connectivity index (χ3n) is 2.87. The largest absolute Gasteiger partial charge is 0.398 e. The van der Waals surface area contributed by atoms with Crippen molar-refractivity contribution in [3.63, 3.8) is 0 Å². The van der Waals surface area contributed by atoms with Crippen LogP contribution in [-0.2, 0) is 10.0 Å². The molecule has 0 aliphatic carbocycles. The minimum Gasteiger partial charge on any atom is -0.398 e. The first-order valence-corrected chi connectivity index (χ1v) is 8.57. The lowest BCUT2D eigenvalue weighted by Gasteiger charge is -2.11. The molecule has 0 radical (unpaired) electrons. The van der Waals surface area contributed by atoms with E-state index in [1.54, 1.807) is 26.0 Å². The summed E-state index contributed by atoms with van der Waals surface area (Å²) in [5.41, 5.74) is 7.50. The monoisotopic (exact) mass is 389 g/mol. The van der Waals surface area contributed by atoms with E-state index in [1.165, 1.54) is 12.1 Å². The second kappa shape index (κ2) is 5.82. The molecule has 0 bridgehead atoms. The molecule has 21 heavy (non-hydrogen) atoms. The number of benzene rings is 1. The fraction of sp³-hybridized carbons (Fsp3) is 0.154. The number of sulfonamides is 1. The van der Waals surface area contributed by atoms with Crippen LogP contribution in [0.3, 0.4) is 0 Å². The zero-order chi connectivity index (χ0) is 15.8. The highest BCUT2D eigenvalue weighted by atomic mass is 79.9. The van der Waals surface area contributed by atoms with Gasteiger partial charge in [-0.15, -0.1) is 0 Å². The number of nitrogen functional groups attached to an aromatic ring is 1. The van der Waals surface area contributed by atoms with E-state index in [-0.39, 0.29) is 15.7 Å². The maximum absolute atomic E-state index is 12.4. The Morgan fingerprint density at radius 2 is 1.95 bits per heavy atom. The number of nitrogens with two attached hydrogens (primary N) is 1. The molecule has 0 fully saturated rings. The molecular weight excluding hydrogens is 378 g/mol. The number of hydrogen-bond donors (Lipinski definition) is 2. The van der Waals surface area contributed by atoms with Gasteiger partial charge < -0.3 is 5.73 Å². The molecule has 112 valence electrons. The topological polar surface area (TPSA) is 85.1 Å². The highest BCUT2D eigenvalue weighted by Crippen LogP contribution is 2.28. The van der Waals surface area contributed by atoms with Crippen molar-refractivity contribution >= 4 is 49.1 Å². The Morgan fingerprint density at radius 3 is 2.57 bits per heavy atom. The molecule has 1 aromatic carbocycles. The van der Waals surface area contributed by atoms with Crippen LogP contribution >= 0.6 is 27.5 Å². The van der Waals surface area contributed by atoms with E-state index < -0.39 is 10.0 Å². The van der Waals surface area contributed by atoms with E-state index in [4.69, 9.17) is 17.3 Å². The lowest BCUT2D eigenvalue weighted by Crippen LogP contribution is -2.15. The van der Waals surface area contributed by atoms with Crippen molar-refractivity contribution in [2.24, 2.45) is 0 Å². The first-order valence-electron chi connectivity index (χ1n) is 5.92. The summed E-state index contributed by atoms with van der Waals surface area (Å²) in [6.07, 6.45) is 0. The van der Waals surface area contributed by atoms with Crippen LogP contribution in [-0.4, -0.2) is 13.4 Å². The van der Waals surface area contributed by atoms with Crippen molar-refractivity contribution in [3.05, 3.63) is 45.0 Å². The maximum atomic E-state index is 12.4. The summed E-state index contributed by atoms with van der Waals surface area (Å²) in [5.74, 6) is 0.214. The molecule has 0 aliphatic rings. The molecule has 3 N–H and O–H groups in total. The maximum Gasteiger partial charge on any atom is 0.264 e. The van der Waals surface area contributed by atoms with E-state index in [0.717, 1.165) is 10.0 Å². The minimum atomic E-state index is -3.85. The normalized spacial score (nSPS) is 11.4. The van der Waals surface area contributed by atoms with Gasteiger partial charge in [-0.05, 0) is 59.6 Å². The average Bonchev–Trinajstić information content (AvgIpc) is 2.37. The Bertz CT molecular complexity index is 809. The van der Waals surface area contributed by atoms with Crippen molar-refractivity contribution in [3.8, 4) is 0 Å². The minimum absolute atomic E-state index is 0.0744. The molecule has 1 heterocycles. The standard InChI is InChI=1S/C13H13BrClN3O2S/c1-7-5-10(15)12(6-11(7)16)21(19,20)18-13-4-3-9(14)8(2)17-13/h3-6H,16H2,1-2H3,(H,17,18). The molecule has 5 nitrogen and oxygen atoms in total. The number of pyridine rings is 1. The van der Waals surface area contributed by atoms with Gasteiger partial charge in [-0.25, -0.2) is 13.4 Å². The first kappa shape index (κ1) is 16.1. The van der Waals surface area contributed by atoms with Gasteiger partial charge in [0.05, 0.1) is 10.7 Å². The predicted octanol–water partition coefficient (Wildman–Crippen LogP) is 3.50. The smallest absolute Gasteiger partial charge is 0.264 e. The number of nitrogens with one attached hydrogen (secondary N) is 1. The van der Waals surface area contributed by atoms with Gasteiger partial charge in [-0.1, -0.05) is 11.6 Å². The zero-order valence-electron chi connectivity index (χ0n) is 11.3. The average molecular weight is 391 g/mol. The van der Waals surface area contributed by atoms with Gasteiger partial charge in [0.1, 0.15) is 10.7 Å². The van der Waals surface area contributed by atoms with Crippen LogP contribution in [0.25, 0.3) is 0 Å². The van der Waals surface area contributed by atoms with Gasteiger partial charge in [-0.2, -0.15) is 0 Å². The van der Waals surface area contributed by atoms with Crippen LogP contribution in [0.1, 0.15) is 11.3 Å². The number of halogens is 2. The Kier molecular flexibility index (Phi) is 4.46. The number of aryl methyl sites for hydroxylation is 2. The second-order valence-electron chi connectivity index (χ2n) is 4.51. The molecule has 0 spiro atoms. The number of hydrogen-bond acceptors (Lipinski definition) is 4. The van der Waals surface area contributed by atoms with Crippen LogP contribution in [0.2, 0.25) is 5.02 Å². The highest BCUT2D eigenvalue weighted by Gasteiger charge is 2.20. The Hall–Kier alpha value is -1.31. The van der Waals surface area contributed by atoms with E-state index >= 15 is 0 Å². The molecule has 1 aromatic heterocycles. The third kappa shape index (κ3) is 3.48. The molecule has 0 saturated carbocycles. The van der Waals surface area contributed by atoms with Crippen LogP contribution in [0.4, 0.5) is 11.5 Å². The summed E-state index contributed by atoms with van der Waals surface area (Å²) >= 11 is 9.31. The summed E-state index contributed by atoms with van der Waals surface area (Å²) < 4.78 is 27.9. The summed E-state index contributed by atoms with van der Waals surface area (Å²) in [4.78, 5) is 4.07. The van der Waals surface area contributed by atoms with Crippen molar-refractivity contribution in [2.45, 2.75) is 18.7 Å². The van der Waals surface area contributed by atoms with Crippen molar-refractivity contribution in [1.29, 1.82) is 0 Å². The molecule has 0 aliphatic heterocycles. The predicted molar refractivity (Wildman–Crippen MR) is 88.1 cm³/mol. The molecule has 0 unspecified atom stereocenters. The van der Waals surface area contributed by atoms with Crippen LogP contribution in [0.15, 0.2) is 33.6 Å². The van der Waals surface area contributed by atoms with Crippen LogP contribution in [0.5, 0.6) is 0 Å². The molecule has 0 amide bonds. The Labute approximate surface area is 136 Å². The first-order chi connectivity index (χ1) is 9.70. The lowest BCUT2D eigenvalue weighted by atomic mass is 10.2. The molecule has 2 rings (SSSR count). The van der Waals surface area contributed by atoms with Crippen LogP contribution in [0, 0.1) is 13.8 Å². The summed E-state index contributed by atoms with van der Waals surface area (Å²) in [5, 5.41) is 0.114. The molecule has 8 heteroatoms. The lowest BCUT2D eigenvalue weighted by molar-refractivity contribution is 0.601. The molecule has 2 aromatic rings. The quantitative estimate of drug-likeness (QED) is 0.786. The Morgan fingerprint density at radius 1 is 1.29 bits per heavy atom. The second-order valence-corrected chi connectivity index (χ2v) is 7.42. The van der Waals surface area contributed by atoms with Gasteiger partial charge in [-0.3, -0.25) is 4.72 Å². The number of nitrogens with zero attached hydrogens (tertiary/aromatic N) is 1. The molecule has 0 saturated heterocycles. The number of anilines is 2. The van der Waals surface area contributed by atoms with Gasteiger partial charge in [0.15, 0.2) is 0 Å². The Balaban J connectivity index is 2.43. The fourth-order valence-corrected chi connectivity index (χ4v) is 3.51. The van der Waals surface area contributed by atoms with E-state index in [1.807, 2.05) is 0 Å². The summed E-state index contributed by atoms with van der Waals surface area (Å²) in [7, 11) is -3.85. The third-order valence-corrected chi connectivity index (χ3v) is 5.53. The number of rotatable bonds is 3. The highest BCUT2D eigenvalue weighted by molar-refractivity contribution is 9.10. The van der Waals surface area contributed by atoms with Crippen molar-refractivity contribution in [1.82, 2.24) is 4.98 Å². The summed E-state index contributed by atoms with van der Waals surface area (Å²) in [6, 6.07) is 6.13. The van der Waals surface area contributed by atoms with Crippen LogP contribution < -0.4 is 10.5 Å².